The molecule has 0 unspecified atom stereocenters. The molecule has 3 fully saturated rings. The van der Waals surface area contributed by atoms with E-state index in [1.807, 2.05) is 12.1 Å². The molecule has 1 aromatic heterocycles. The third kappa shape index (κ3) is 3.76. The molecule has 0 radical (unpaired) electrons. The number of benzene rings is 1. The van der Waals surface area contributed by atoms with E-state index < -0.39 is 21.4 Å². The Labute approximate surface area is 192 Å². The normalized spacial score (nSPS) is 26.0. The zero-order chi connectivity index (χ0) is 23.5. The van der Waals surface area contributed by atoms with Crippen LogP contribution < -0.4 is 10.2 Å². The van der Waals surface area contributed by atoms with Crippen LogP contribution in [0.2, 0.25) is 0 Å². The van der Waals surface area contributed by atoms with E-state index in [-0.39, 0.29) is 17.3 Å². The number of amides is 3. The Morgan fingerprint density at radius 1 is 1.12 bits per heavy atom. The summed E-state index contributed by atoms with van der Waals surface area (Å²) >= 11 is 0. The fourth-order valence-electron chi connectivity index (χ4n) is 4.63. The van der Waals surface area contributed by atoms with Gasteiger partial charge in [-0.15, -0.1) is 0 Å². The van der Waals surface area contributed by atoms with E-state index in [0.29, 0.717) is 23.6 Å². The molecule has 1 aromatic carbocycles. The number of nitrogens with one attached hydrogen (secondary N) is 1. The van der Waals surface area contributed by atoms with E-state index in [1.165, 1.54) is 29.2 Å². The first-order chi connectivity index (χ1) is 15.6. The lowest BCUT2D eigenvalue weighted by Crippen LogP contribution is -2.43. The number of rotatable bonds is 6. The molecule has 3 amide bonds. The molecule has 174 valence electrons. The van der Waals surface area contributed by atoms with Crippen molar-refractivity contribution in [1.82, 2.24) is 9.88 Å². The summed E-state index contributed by atoms with van der Waals surface area (Å²) in [5.41, 5.74) is 0.138. The van der Waals surface area contributed by atoms with Gasteiger partial charge in [0.05, 0.1) is 23.8 Å². The molecule has 3 aliphatic rings. The van der Waals surface area contributed by atoms with Gasteiger partial charge in [-0.25, -0.2) is 23.1 Å². The average Bonchev–Trinajstić information content (AvgIpc) is 3.11. The van der Waals surface area contributed by atoms with Gasteiger partial charge in [0.15, 0.2) is 9.84 Å². The van der Waals surface area contributed by atoms with Crippen molar-refractivity contribution in [3.63, 3.8) is 0 Å². The van der Waals surface area contributed by atoms with Crippen LogP contribution >= 0.6 is 0 Å². The summed E-state index contributed by atoms with van der Waals surface area (Å²) in [5.74, 6) is 1.46. The van der Waals surface area contributed by atoms with Crippen LogP contribution in [0.15, 0.2) is 47.5 Å². The summed E-state index contributed by atoms with van der Waals surface area (Å²) < 4.78 is 28.9. The third-order valence-corrected chi connectivity index (χ3v) is 7.91. The Hall–Kier alpha value is -2.98. The molecule has 33 heavy (non-hydrogen) atoms. The minimum atomic E-state index is -3.38. The smallest absolute Gasteiger partial charge is 0.332 e. The number of imide groups is 1. The van der Waals surface area contributed by atoms with E-state index in [4.69, 9.17) is 4.74 Å². The van der Waals surface area contributed by atoms with Crippen LogP contribution in [0.25, 0.3) is 0 Å². The Kier molecular flexibility index (Phi) is 4.98. The van der Waals surface area contributed by atoms with Gasteiger partial charge < -0.3 is 15.0 Å². The van der Waals surface area contributed by atoms with Crippen molar-refractivity contribution in [2.45, 2.75) is 36.9 Å². The Morgan fingerprint density at radius 2 is 1.79 bits per heavy atom. The molecule has 1 saturated carbocycles. The van der Waals surface area contributed by atoms with Gasteiger partial charge in [0.1, 0.15) is 11.4 Å². The number of carbonyl (C=O) groups excluding carboxylic acids is 2. The highest BCUT2D eigenvalue weighted by Gasteiger charge is 2.54. The number of urea groups is 1. The van der Waals surface area contributed by atoms with Crippen LogP contribution in [0.1, 0.15) is 19.4 Å². The predicted molar refractivity (Wildman–Crippen MR) is 122 cm³/mol. The largest absolute Gasteiger partial charge is 0.381 e. The van der Waals surface area contributed by atoms with Crippen LogP contribution in [0.4, 0.5) is 16.3 Å². The second-order valence-electron chi connectivity index (χ2n) is 9.42. The van der Waals surface area contributed by atoms with Crippen molar-refractivity contribution in [2.75, 3.05) is 29.7 Å². The lowest BCUT2D eigenvalue weighted by Gasteiger charge is -2.27. The Bertz CT molecular complexity index is 1220. The molecule has 0 bridgehead atoms. The molecule has 2 atom stereocenters. The number of hydrogen-bond donors (Lipinski definition) is 1. The first-order valence-electron chi connectivity index (χ1n) is 10.8. The van der Waals surface area contributed by atoms with Crippen LogP contribution in [0, 0.1) is 11.8 Å². The topological polar surface area (TPSA) is 109 Å². The van der Waals surface area contributed by atoms with E-state index in [0.717, 1.165) is 35.8 Å². The fourth-order valence-corrected chi connectivity index (χ4v) is 5.26. The number of pyridine rings is 1. The van der Waals surface area contributed by atoms with Crippen molar-refractivity contribution < 1.29 is 22.7 Å². The number of nitrogens with zero attached hydrogens (tertiary/aromatic N) is 3. The lowest BCUT2D eigenvalue weighted by molar-refractivity contribution is -0.123. The molecule has 1 aliphatic carbocycles. The molecule has 2 aromatic rings. The van der Waals surface area contributed by atoms with Gasteiger partial charge >= 0.3 is 6.03 Å². The maximum atomic E-state index is 13.3. The van der Waals surface area contributed by atoms with E-state index >= 15 is 0 Å². The van der Waals surface area contributed by atoms with Gasteiger partial charge in [-0.3, -0.25) is 4.79 Å². The molecule has 9 nitrogen and oxygen atoms in total. The minimum Gasteiger partial charge on any atom is -0.381 e. The summed E-state index contributed by atoms with van der Waals surface area (Å²) in [6.07, 6.45) is 2.81. The van der Waals surface area contributed by atoms with Crippen LogP contribution in [0.3, 0.4) is 0 Å². The van der Waals surface area contributed by atoms with Crippen molar-refractivity contribution in [1.29, 1.82) is 0 Å². The van der Waals surface area contributed by atoms with E-state index in [1.54, 1.807) is 20.0 Å². The number of hydrogen-bond acceptors (Lipinski definition) is 7. The number of anilines is 2. The van der Waals surface area contributed by atoms with Crippen molar-refractivity contribution in [3.8, 4) is 0 Å². The van der Waals surface area contributed by atoms with Crippen molar-refractivity contribution in [3.05, 3.63) is 48.2 Å². The van der Waals surface area contributed by atoms with Gasteiger partial charge in [-0.2, -0.15) is 0 Å². The summed E-state index contributed by atoms with van der Waals surface area (Å²) in [6, 6.07) is 9.44. The molecule has 3 heterocycles. The lowest BCUT2D eigenvalue weighted by atomic mass is 10.0. The zero-order valence-corrected chi connectivity index (χ0v) is 19.5. The number of sulfone groups is 1. The monoisotopic (exact) mass is 470 g/mol. The van der Waals surface area contributed by atoms with Crippen molar-refractivity contribution in [2.24, 2.45) is 11.8 Å². The molecular formula is C23H26N4O5S. The van der Waals surface area contributed by atoms with E-state index in [2.05, 4.69) is 10.3 Å². The molecule has 2 aliphatic heterocycles. The van der Waals surface area contributed by atoms with Gasteiger partial charge in [-0.05, 0) is 55.8 Å². The number of fused-ring (bicyclic) bond motifs is 1. The summed E-state index contributed by atoms with van der Waals surface area (Å²) in [4.78, 5) is 33.6. The first-order valence-corrected chi connectivity index (χ1v) is 12.7. The SMILES string of the molecule is CC1(C)C(=O)N(c2ccc(S(C)(=O)=O)cc2)C(=O)N1Cc1ccnc(NC2[C@@H]3COC[C@@H]23)c1. The zero-order valence-electron chi connectivity index (χ0n) is 18.7. The molecular weight excluding hydrogens is 444 g/mol. The molecule has 5 rings (SSSR count). The fraction of sp³-hybridized carbons (Fsp3) is 0.435. The summed E-state index contributed by atoms with van der Waals surface area (Å²) in [5, 5.41) is 3.45. The van der Waals surface area contributed by atoms with Gasteiger partial charge in [0.2, 0.25) is 0 Å². The van der Waals surface area contributed by atoms with Gasteiger partial charge in [0, 0.05) is 36.9 Å². The highest BCUT2D eigenvalue weighted by Crippen LogP contribution is 2.45. The Balaban J connectivity index is 1.35. The average molecular weight is 471 g/mol. The molecule has 2 saturated heterocycles. The molecule has 0 spiro atoms. The standard InChI is InChI=1S/C23H26N4O5S/c1-23(2)21(28)27(15-4-6-16(7-5-15)33(3,30)31)22(29)26(23)11-14-8-9-24-19(10-14)25-20-17-12-32-13-18(17)20/h4-10,17-18,20H,11-13H2,1-3H3,(H,24,25)/t17-,18-/m1/s1. The van der Waals surface area contributed by atoms with Crippen LogP contribution in [0.5, 0.6) is 0 Å². The molecule has 10 heteroatoms. The number of carbonyl (C=O) groups is 2. The maximum absolute atomic E-state index is 13.3. The van der Waals surface area contributed by atoms with E-state index in [9.17, 15) is 18.0 Å². The molecule has 1 N–H and O–H groups in total. The Morgan fingerprint density at radius 3 is 2.42 bits per heavy atom. The minimum absolute atomic E-state index is 0.129. The van der Waals surface area contributed by atoms with Crippen LogP contribution in [-0.4, -0.2) is 61.3 Å². The quantitative estimate of drug-likeness (QED) is 0.645. The first kappa shape index (κ1) is 21.8. The van der Waals surface area contributed by atoms with Crippen molar-refractivity contribution >= 4 is 33.3 Å². The second-order valence-corrected chi connectivity index (χ2v) is 11.4. The second kappa shape index (κ2) is 7.53. The highest BCUT2D eigenvalue weighted by molar-refractivity contribution is 7.90. The summed E-state index contributed by atoms with van der Waals surface area (Å²) in [7, 11) is -3.38. The number of ether oxygens (including phenoxy) is 1. The number of aromatic nitrogens is 1. The van der Waals surface area contributed by atoms with Gasteiger partial charge in [-0.1, -0.05) is 0 Å². The summed E-state index contributed by atoms with van der Waals surface area (Å²) in [6.45, 7) is 5.23. The maximum Gasteiger partial charge on any atom is 0.332 e. The van der Waals surface area contributed by atoms with Crippen LogP contribution in [-0.2, 0) is 25.9 Å². The van der Waals surface area contributed by atoms with Gasteiger partial charge in [0.25, 0.3) is 5.91 Å². The highest BCUT2D eigenvalue weighted by atomic mass is 32.2. The predicted octanol–water partition coefficient (Wildman–Crippen LogP) is 2.29. The third-order valence-electron chi connectivity index (χ3n) is 6.78.